The van der Waals surface area contributed by atoms with Crippen LogP contribution in [0.2, 0.25) is 0 Å². The molecule has 136 valence electrons. The molecule has 3 aromatic heterocycles. The van der Waals surface area contributed by atoms with E-state index < -0.39 is 0 Å². The summed E-state index contributed by atoms with van der Waals surface area (Å²) in [6.07, 6.45) is 7.52. The molecule has 1 amide bonds. The van der Waals surface area contributed by atoms with E-state index >= 15 is 0 Å². The molecule has 4 rings (SSSR count). The summed E-state index contributed by atoms with van der Waals surface area (Å²) in [4.78, 5) is 30.3. The second-order valence-corrected chi connectivity index (χ2v) is 8.64. The van der Waals surface area contributed by atoms with Crippen LogP contribution in [0.15, 0.2) is 11.1 Å². The Morgan fingerprint density at radius 1 is 1.23 bits per heavy atom. The molecule has 9 heteroatoms. The van der Waals surface area contributed by atoms with Gasteiger partial charge in [0.2, 0.25) is 5.13 Å². The van der Waals surface area contributed by atoms with Crippen molar-refractivity contribution in [2.45, 2.75) is 44.9 Å². The van der Waals surface area contributed by atoms with Crippen molar-refractivity contribution in [2.24, 2.45) is 7.05 Å². The number of rotatable bonds is 3. The number of thiophene rings is 1. The van der Waals surface area contributed by atoms with Gasteiger partial charge in [-0.3, -0.25) is 14.9 Å². The lowest BCUT2D eigenvalue weighted by atomic mass is 9.90. The first-order valence-corrected chi connectivity index (χ1v) is 10.3. The lowest BCUT2D eigenvalue weighted by molar-refractivity contribution is 0.103. The van der Waals surface area contributed by atoms with E-state index in [1.54, 1.807) is 14.0 Å². The van der Waals surface area contributed by atoms with Crippen LogP contribution in [0.3, 0.4) is 0 Å². The molecule has 1 saturated carbocycles. The van der Waals surface area contributed by atoms with Gasteiger partial charge in [-0.2, -0.15) is 0 Å². The van der Waals surface area contributed by atoms with E-state index in [1.807, 2.05) is 0 Å². The molecule has 0 bridgehead atoms. The SMILES string of the molecule is Cc1c(C(=O)Nc2nnc(C3CCCCC3)s2)sc2ncn(C)c(=O)c12. The van der Waals surface area contributed by atoms with Crippen molar-refractivity contribution >= 4 is 43.9 Å². The van der Waals surface area contributed by atoms with Crippen molar-refractivity contribution in [2.75, 3.05) is 5.32 Å². The molecular weight excluding hydrogens is 370 g/mol. The fourth-order valence-corrected chi connectivity index (χ4v) is 5.32. The van der Waals surface area contributed by atoms with Gasteiger partial charge in [-0.15, -0.1) is 21.5 Å². The number of fused-ring (bicyclic) bond motifs is 1. The van der Waals surface area contributed by atoms with Gasteiger partial charge in [0, 0.05) is 13.0 Å². The van der Waals surface area contributed by atoms with Gasteiger partial charge in [0.1, 0.15) is 9.84 Å². The number of anilines is 1. The first-order chi connectivity index (χ1) is 12.5. The van der Waals surface area contributed by atoms with Crippen molar-refractivity contribution in [3.05, 3.63) is 32.1 Å². The average Bonchev–Trinajstić information content (AvgIpc) is 3.24. The van der Waals surface area contributed by atoms with E-state index in [0.29, 0.717) is 31.7 Å². The minimum Gasteiger partial charge on any atom is -0.302 e. The maximum Gasteiger partial charge on any atom is 0.267 e. The zero-order valence-electron chi connectivity index (χ0n) is 14.6. The molecule has 0 spiro atoms. The number of nitrogens with one attached hydrogen (secondary N) is 1. The summed E-state index contributed by atoms with van der Waals surface area (Å²) in [6.45, 7) is 1.78. The predicted octanol–water partition coefficient (Wildman–Crippen LogP) is 3.45. The van der Waals surface area contributed by atoms with Gasteiger partial charge in [0.05, 0.1) is 16.6 Å². The highest BCUT2D eigenvalue weighted by Crippen LogP contribution is 2.35. The molecular formula is C17H19N5O2S2. The van der Waals surface area contributed by atoms with Crippen LogP contribution in [0.5, 0.6) is 0 Å². The fraction of sp³-hybridized carbons (Fsp3) is 0.471. The second kappa shape index (κ2) is 6.88. The Kier molecular flexibility index (Phi) is 4.58. The minimum atomic E-state index is -0.265. The molecule has 0 aromatic carbocycles. The summed E-state index contributed by atoms with van der Waals surface area (Å²) in [6, 6.07) is 0. The minimum absolute atomic E-state index is 0.140. The molecule has 3 aromatic rings. The van der Waals surface area contributed by atoms with E-state index in [4.69, 9.17) is 0 Å². The molecule has 0 aliphatic heterocycles. The van der Waals surface area contributed by atoms with E-state index in [9.17, 15) is 9.59 Å². The number of aromatic nitrogens is 4. The van der Waals surface area contributed by atoms with E-state index in [-0.39, 0.29) is 11.5 Å². The molecule has 3 heterocycles. The maximum absolute atomic E-state index is 12.7. The highest BCUT2D eigenvalue weighted by Gasteiger charge is 2.22. The third kappa shape index (κ3) is 3.05. The van der Waals surface area contributed by atoms with Gasteiger partial charge in [-0.25, -0.2) is 4.98 Å². The normalized spacial score (nSPS) is 15.5. The van der Waals surface area contributed by atoms with E-state index in [1.165, 1.54) is 52.8 Å². The number of amides is 1. The van der Waals surface area contributed by atoms with Crippen molar-refractivity contribution < 1.29 is 4.79 Å². The smallest absolute Gasteiger partial charge is 0.267 e. The maximum atomic E-state index is 12.7. The molecule has 0 atom stereocenters. The molecule has 26 heavy (non-hydrogen) atoms. The third-order valence-corrected chi connectivity index (χ3v) is 7.03. The summed E-state index contributed by atoms with van der Waals surface area (Å²) in [7, 11) is 1.65. The first-order valence-electron chi connectivity index (χ1n) is 8.64. The van der Waals surface area contributed by atoms with Crippen LogP contribution >= 0.6 is 22.7 Å². The highest BCUT2D eigenvalue weighted by atomic mass is 32.1. The van der Waals surface area contributed by atoms with Crippen LogP contribution in [0.4, 0.5) is 5.13 Å². The summed E-state index contributed by atoms with van der Waals surface area (Å²) in [5, 5.41) is 13.3. The van der Waals surface area contributed by atoms with Crippen LogP contribution in [0.1, 0.15) is 58.3 Å². The Labute approximate surface area is 158 Å². The number of carbonyl (C=O) groups excluding carboxylic acids is 1. The van der Waals surface area contributed by atoms with Gasteiger partial charge in [-0.05, 0) is 25.3 Å². The molecule has 1 aliphatic rings. The Bertz CT molecular complexity index is 1030. The lowest BCUT2D eigenvalue weighted by Gasteiger charge is -2.18. The standard InChI is InChI=1S/C17H19N5O2S2/c1-9-11-15(18-8-22(2)16(11)24)25-12(9)13(23)19-17-21-20-14(26-17)10-6-4-3-5-7-10/h8,10H,3-7H2,1-2H3,(H,19,21,23). The predicted molar refractivity (Wildman–Crippen MR) is 103 cm³/mol. The molecule has 0 unspecified atom stereocenters. The Balaban J connectivity index is 1.58. The zero-order chi connectivity index (χ0) is 18.3. The monoisotopic (exact) mass is 389 g/mol. The van der Waals surface area contributed by atoms with Gasteiger partial charge in [-0.1, -0.05) is 30.6 Å². The summed E-state index contributed by atoms with van der Waals surface area (Å²) in [5.74, 6) is 0.198. The van der Waals surface area contributed by atoms with Crippen molar-refractivity contribution in [1.82, 2.24) is 19.7 Å². The second-order valence-electron chi connectivity index (χ2n) is 6.63. The molecule has 1 fully saturated rings. The molecule has 7 nitrogen and oxygen atoms in total. The summed E-state index contributed by atoms with van der Waals surface area (Å²) < 4.78 is 1.42. The zero-order valence-corrected chi connectivity index (χ0v) is 16.2. The highest BCUT2D eigenvalue weighted by molar-refractivity contribution is 7.21. The molecule has 1 aliphatic carbocycles. The number of carbonyl (C=O) groups is 1. The van der Waals surface area contributed by atoms with Crippen LogP contribution in [0, 0.1) is 6.92 Å². The lowest BCUT2D eigenvalue weighted by Crippen LogP contribution is -2.17. The summed E-state index contributed by atoms with van der Waals surface area (Å²) in [5.41, 5.74) is 0.520. The quantitative estimate of drug-likeness (QED) is 0.741. The average molecular weight is 390 g/mol. The van der Waals surface area contributed by atoms with Crippen molar-refractivity contribution in [3.63, 3.8) is 0 Å². The largest absolute Gasteiger partial charge is 0.302 e. The Hall–Kier alpha value is -2.13. The number of hydrogen-bond donors (Lipinski definition) is 1. The van der Waals surface area contributed by atoms with Gasteiger partial charge in [0.15, 0.2) is 0 Å². The Morgan fingerprint density at radius 3 is 2.77 bits per heavy atom. The molecule has 0 saturated heterocycles. The fourth-order valence-electron chi connectivity index (χ4n) is 3.38. The Morgan fingerprint density at radius 2 is 2.00 bits per heavy atom. The van der Waals surface area contributed by atoms with E-state index in [2.05, 4.69) is 20.5 Å². The van der Waals surface area contributed by atoms with Crippen molar-refractivity contribution in [3.8, 4) is 0 Å². The van der Waals surface area contributed by atoms with Crippen LogP contribution in [0.25, 0.3) is 10.2 Å². The van der Waals surface area contributed by atoms with Gasteiger partial charge in [0.25, 0.3) is 11.5 Å². The first kappa shape index (κ1) is 17.3. The van der Waals surface area contributed by atoms with Crippen LogP contribution in [-0.4, -0.2) is 25.7 Å². The number of nitrogens with zero attached hydrogens (tertiary/aromatic N) is 4. The van der Waals surface area contributed by atoms with E-state index in [0.717, 1.165) is 17.8 Å². The van der Waals surface area contributed by atoms with Crippen LogP contribution < -0.4 is 10.9 Å². The van der Waals surface area contributed by atoms with Crippen LogP contribution in [-0.2, 0) is 7.05 Å². The summed E-state index contributed by atoms with van der Waals surface area (Å²) >= 11 is 2.68. The van der Waals surface area contributed by atoms with Crippen molar-refractivity contribution in [1.29, 1.82) is 0 Å². The molecule has 1 N–H and O–H groups in total. The van der Waals surface area contributed by atoms with Gasteiger partial charge < -0.3 is 4.57 Å². The number of aryl methyl sites for hydroxylation is 2. The topological polar surface area (TPSA) is 89.8 Å². The number of hydrogen-bond acceptors (Lipinski definition) is 7. The van der Waals surface area contributed by atoms with Gasteiger partial charge >= 0.3 is 0 Å². The third-order valence-electron chi connectivity index (χ3n) is 4.83. The molecule has 0 radical (unpaired) electrons.